The van der Waals surface area contributed by atoms with Gasteiger partial charge in [0.2, 0.25) is 0 Å². The first-order valence-corrected chi connectivity index (χ1v) is 7.38. The summed E-state index contributed by atoms with van der Waals surface area (Å²) in [6, 6.07) is 0.710. The minimum Gasteiger partial charge on any atom is -0.393 e. The summed E-state index contributed by atoms with van der Waals surface area (Å²) in [6.45, 7) is 8.26. The molecule has 0 amide bonds. The first-order valence-electron chi connectivity index (χ1n) is 7.38. The molecule has 0 aromatic rings. The average molecular weight is 239 g/mol. The lowest BCUT2D eigenvalue weighted by atomic mass is 9.69. The van der Waals surface area contributed by atoms with Gasteiger partial charge in [-0.15, -0.1) is 0 Å². The Morgan fingerprint density at radius 3 is 2.35 bits per heavy atom. The molecule has 2 N–H and O–H groups in total. The summed E-state index contributed by atoms with van der Waals surface area (Å²) in [4.78, 5) is 0. The van der Waals surface area contributed by atoms with Gasteiger partial charge in [-0.25, -0.2) is 0 Å². The minimum atomic E-state index is -0.00781. The van der Waals surface area contributed by atoms with Crippen LogP contribution >= 0.6 is 0 Å². The number of rotatable bonds is 3. The molecule has 0 aromatic heterocycles. The van der Waals surface area contributed by atoms with E-state index in [1.54, 1.807) is 0 Å². The van der Waals surface area contributed by atoms with Crippen molar-refractivity contribution in [2.45, 2.75) is 71.4 Å². The van der Waals surface area contributed by atoms with Crippen molar-refractivity contribution in [2.24, 2.45) is 17.3 Å². The lowest BCUT2D eigenvalue weighted by Gasteiger charge is -2.42. The van der Waals surface area contributed by atoms with Gasteiger partial charge in [-0.05, 0) is 49.5 Å². The summed E-state index contributed by atoms with van der Waals surface area (Å²) < 4.78 is 0. The number of hydrogen-bond acceptors (Lipinski definition) is 2. The van der Waals surface area contributed by atoms with E-state index in [4.69, 9.17) is 0 Å². The van der Waals surface area contributed by atoms with E-state index in [1.807, 2.05) is 0 Å². The van der Waals surface area contributed by atoms with Crippen molar-refractivity contribution in [1.29, 1.82) is 0 Å². The molecule has 0 saturated heterocycles. The number of hydrogen-bond donors (Lipinski definition) is 2. The molecule has 2 aliphatic rings. The van der Waals surface area contributed by atoms with Crippen molar-refractivity contribution in [3.8, 4) is 0 Å². The van der Waals surface area contributed by atoms with Crippen molar-refractivity contribution in [2.75, 3.05) is 6.54 Å². The normalized spacial score (nSPS) is 38.8. The molecule has 17 heavy (non-hydrogen) atoms. The van der Waals surface area contributed by atoms with Gasteiger partial charge in [-0.2, -0.15) is 0 Å². The SMILES string of the molecule is CC(C)(C)C1CCCCC1NCC1CC(O)C1. The smallest absolute Gasteiger partial charge is 0.0546 e. The van der Waals surface area contributed by atoms with Crippen LogP contribution in [-0.2, 0) is 0 Å². The van der Waals surface area contributed by atoms with Crippen LogP contribution in [-0.4, -0.2) is 23.8 Å². The van der Waals surface area contributed by atoms with Crippen molar-refractivity contribution < 1.29 is 5.11 Å². The van der Waals surface area contributed by atoms with Gasteiger partial charge < -0.3 is 10.4 Å². The Kier molecular flexibility index (Phi) is 4.14. The Hall–Kier alpha value is -0.0800. The van der Waals surface area contributed by atoms with Crippen LogP contribution in [0.25, 0.3) is 0 Å². The van der Waals surface area contributed by atoms with Crippen LogP contribution in [0.5, 0.6) is 0 Å². The van der Waals surface area contributed by atoms with Gasteiger partial charge in [0.05, 0.1) is 6.10 Å². The van der Waals surface area contributed by atoms with E-state index in [0.717, 1.165) is 31.2 Å². The van der Waals surface area contributed by atoms with Crippen molar-refractivity contribution in [1.82, 2.24) is 5.32 Å². The van der Waals surface area contributed by atoms with E-state index in [2.05, 4.69) is 26.1 Å². The molecule has 0 aromatic carbocycles. The van der Waals surface area contributed by atoms with E-state index in [-0.39, 0.29) is 6.10 Å². The minimum absolute atomic E-state index is 0.00781. The van der Waals surface area contributed by atoms with Gasteiger partial charge in [-0.1, -0.05) is 33.6 Å². The lowest BCUT2D eigenvalue weighted by Crippen LogP contribution is -2.47. The van der Waals surface area contributed by atoms with Crippen LogP contribution in [0.2, 0.25) is 0 Å². The molecule has 2 atom stereocenters. The maximum absolute atomic E-state index is 9.31. The van der Waals surface area contributed by atoms with Crippen LogP contribution in [0.15, 0.2) is 0 Å². The molecule has 2 rings (SSSR count). The second-order valence-corrected chi connectivity index (χ2v) is 7.26. The average Bonchev–Trinajstić information content (AvgIpc) is 2.22. The standard InChI is InChI=1S/C15H29NO/c1-15(2,3)13-6-4-5-7-14(13)16-10-11-8-12(17)9-11/h11-14,16-17H,4-10H2,1-3H3. The fraction of sp³-hybridized carbons (Fsp3) is 1.00. The molecule has 0 radical (unpaired) electrons. The highest BCUT2D eigenvalue weighted by Crippen LogP contribution is 2.38. The Labute approximate surface area is 106 Å². The zero-order valence-electron chi connectivity index (χ0n) is 11.7. The third-order valence-electron chi connectivity index (χ3n) is 4.76. The predicted octanol–water partition coefficient (Wildman–Crippen LogP) is 2.95. The molecule has 0 aliphatic heterocycles. The third kappa shape index (κ3) is 3.45. The second-order valence-electron chi connectivity index (χ2n) is 7.26. The van der Waals surface area contributed by atoms with Crippen molar-refractivity contribution in [3.05, 3.63) is 0 Å². The largest absolute Gasteiger partial charge is 0.393 e. The van der Waals surface area contributed by atoms with Crippen LogP contribution in [0.1, 0.15) is 59.3 Å². The number of aliphatic hydroxyl groups is 1. The first-order chi connectivity index (χ1) is 7.97. The van der Waals surface area contributed by atoms with E-state index in [9.17, 15) is 5.11 Å². The zero-order valence-corrected chi connectivity index (χ0v) is 11.7. The summed E-state index contributed by atoms with van der Waals surface area (Å²) in [5.41, 5.74) is 0.428. The third-order valence-corrected chi connectivity index (χ3v) is 4.76. The summed E-state index contributed by atoms with van der Waals surface area (Å²) in [5, 5.41) is 13.1. The van der Waals surface area contributed by atoms with Crippen LogP contribution < -0.4 is 5.32 Å². The van der Waals surface area contributed by atoms with Crippen LogP contribution in [0.3, 0.4) is 0 Å². The van der Waals surface area contributed by atoms with Gasteiger partial charge >= 0.3 is 0 Å². The fourth-order valence-electron chi connectivity index (χ4n) is 3.60. The summed E-state index contributed by atoms with van der Waals surface area (Å²) in [7, 11) is 0. The second kappa shape index (κ2) is 5.27. The Bertz CT molecular complexity index is 240. The molecule has 100 valence electrons. The topological polar surface area (TPSA) is 32.3 Å². The number of nitrogens with one attached hydrogen (secondary N) is 1. The Balaban J connectivity index is 1.80. The summed E-state index contributed by atoms with van der Waals surface area (Å²) in [6.07, 6.45) is 7.54. The molecule has 2 saturated carbocycles. The molecule has 2 heteroatoms. The lowest BCUT2D eigenvalue weighted by molar-refractivity contribution is 0.0366. The molecule has 0 bridgehead atoms. The predicted molar refractivity (Wildman–Crippen MR) is 71.9 cm³/mol. The summed E-state index contributed by atoms with van der Waals surface area (Å²) >= 11 is 0. The highest BCUT2D eigenvalue weighted by atomic mass is 16.3. The van der Waals surface area contributed by atoms with Gasteiger partial charge in [0.1, 0.15) is 0 Å². The quantitative estimate of drug-likeness (QED) is 0.793. The van der Waals surface area contributed by atoms with E-state index in [1.165, 1.54) is 25.7 Å². The van der Waals surface area contributed by atoms with Gasteiger partial charge in [-0.3, -0.25) is 0 Å². The maximum Gasteiger partial charge on any atom is 0.0546 e. The molecular formula is C15H29NO. The van der Waals surface area contributed by atoms with E-state index < -0.39 is 0 Å². The van der Waals surface area contributed by atoms with Crippen LogP contribution in [0.4, 0.5) is 0 Å². The molecule has 2 aliphatic carbocycles. The molecule has 2 nitrogen and oxygen atoms in total. The van der Waals surface area contributed by atoms with E-state index in [0.29, 0.717) is 11.5 Å². The van der Waals surface area contributed by atoms with E-state index >= 15 is 0 Å². The monoisotopic (exact) mass is 239 g/mol. The van der Waals surface area contributed by atoms with Crippen molar-refractivity contribution in [3.63, 3.8) is 0 Å². The Morgan fingerprint density at radius 1 is 1.12 bits per heavy atom. The zero-order chi connectivity index (χ0) is 12.5. The fourth-order valence-corrected chi connectivity index (χ4v) is 3.60. The van der Waals surface area contributed by atoms with Gasteiger partial charge in [0.15, 0.2) is 0 Å². The summed E-state index contributed by atoms with van der Waals surface area (Å²) in [5.74, 6) is 1.55. The van der Waals surface area contributed by atoms with Crippen molar-refractivity contribution >= 4 is 0 Å². The van der Waals surface area contributed by atoms with Gasteiger partial charge in [0.25, 0.3) is 0 Å². The molecule has 2 unspecified atom stereocenters. The molecular weight excluding hydrogens is 210 g/mol. The first kappa shape index (κ1) is 13.4. The number of aliphatic hydroxyl groups excluding tert-OH is 1. The maximum atomic E-state index is 9.31. The Morgan fingerprint density at radius 2 is 1.76 bits per heavy atom. The van der Waals surface area contributed by atoms with Crippen LogP contribution in [0, 0.1) is 17.3 Å². The highest BCUT2D eigenvalue weighted by Gasteiger charge is 2.35. The van der Waals surface area contributed by atoms with Gasteiger partial charge in [0, 0.05) is 6.04 Å². The highest BCUT2D eigenvalue weighted by molar-refractivity contribution is 4.90. The molecule has 2 fully saturated rings. The molecule has 0 heterocycles. The molecule has 0 spiro atoms.